The highest BCUT2D eigenvalue weighted by Crippen LogP contribution is 2.25. The highest BCUT2D eigenvalue weighted by Gasteiger charge is 2.27. The number of nitrogens with one attached hydrogen (secondary N) is 1. The number of sulfonamides is 1. The summed E-state index contributed by atoms with van der Waals surface area (Å²) < 4.78 is 28.4. The highest BCUT2D eigenvalue weighted by molar-refractivity contribution is 9.10. The Hall–Kier alpha value is -2.71. The molecule has 150 valence electrons. The van der Waals surface area contributed by atoms with Gasteiger partial charge in [-0.2, -0.15) is 0 Å². The largest absolute Gasteiger partial charge is 0.349 e. The first-order chi connectivity index (χ1) is 13.9. The molecule has 0 atom stereocenters. The van der Waals surface area contributed by atoms with Crippen molar-refractivity contribution < 1.29 is 13.2 Å². The number of aromatic nitrogens is 1. The van der Waals surface area contributed by atoms with Crippen LogP contribution in [-0.2, 0) is 21.4 Å². The Morgan fingerprint density at radius 1 is 1.03 bits per heavy atom. The van der Waals surface area contributed by atoms with Crippen LogP contribution < -0.4 is 9.62 Å². The van der Waals surface area contributed by atoms with Crippen LogP contribution in [0.2, 0.25) is 0 Å². The molecule has 1 heterocycles. The van der Waals surface area contributed by atoms with Crippen LogP contribution in [0.15, 0.2) is 82.3 Å². The lowest BCUT2D eigenvalue weighted by Crippen LogP contribution is -2.40. The van der Waals surface area contributed by atoms with Gasteiger partial charge in [0.05, 0.1) is 22.8 Å². The third-order valence-corrected chi connectivity index (χ3v) is 6.52. The Morgan fingerprint density at radius 2 is 1.72 bits per heavy atom. The average molecular weight is 474 g/mol. The van der Waals surface area contributed by atoms with Gasteiger partial charge in [-0.15, -0.1) is 0 Å². The van der Waals surface area contributed by atoms with Crippen LogP contribution in [0.1, 0.15) is 11.3 Å². The summed E-state index contributed by atoms with van der Waals surface area (Å²) in [7, 11) is -3.92. The van der Waals surface area contributed by atoms with E-state index in [1.807, 2.05) is 13.0 Å². The summed E-state index contributed by atoms with van der Waals surface area (Å²) in [5.74, 6) is -0.422. The molecule has 6 nitrogen and oxygen atoms in total. The van der Waals surface area contributed by atoms with Gasteiger partial charge in [-0.3, -0.25) is 14.1 Å². The zero-order valence-corrected chi connectivity index (χ0v) is 18.2. The lowest BCUT2D eigenvalue weighted by molar-refractivity contribution is -0.119. The van der Waals surface area contributed by atoms with Crippen molar-refractivity contribution in [3.63, 3.8) is 0 Å². The molecule has 2 aromatic carbocycles. The van der Waals surface area contributed by atoms with E-state index >= 15 is 0 Å². The zero-order chi connectivity index (χ0) is 20.9. The molecule has 0 aliphatic heterocycles. The molecule has 1 amide bonds. The van der Waals surface area contributed by atoms with Gasteiger partial charge in [-0.05, 0) is 55.5 Å². The number of hydrogen-bond donors (Lipinski definition) is 1. The van der Waals surface area contributed by atoms with Gasteiger partial charge in [0.2, 0.25) is 5.91 Å². The summed E-state index contributed by atoms with van der Waals surface area (Å²) in [6.45, 7) is 1.76. The minimum atomic E-state index is -3.92. The molecule has 0 radical (unpaired) electrons. The van der Waals surface area contributed by atoms with E-state index < -0.39 is 15.9 Å². The van der Waals surface area contributed by atoms with Gasteiger partial charge >= 0.3 is 0 Å². The van der Waals surface area contributed by atoms with Crippen LogP contribution in [0, 0.1) is 6.92 Å². The quantitative estimate of drug-likeness (QED) is 0.567. The Morgan fingerprint density at radius 3 is 2.34 bits per heavy atom. The van der Waals surface area contributed by atoms with Crippen molar-refractivity contribution in [1.29, 1.82) is 0 Å². The van der Waals surface area contributed by atoms with Crippen molar-refractivity contribution in [2.45, 2.75) is 18.4 Å². The third kappa shape index (κ3) is 5.42. The molecular formula is C21H20BrN3O3S. The number of anilines is 1. The number of aryl methyl sites for hydroxylation is 1. The molecule has 29 heavy (non-hydrogen) atoms. The molecule has 0 saturated heterocycles. The summed E-state index contributed by atoms with van der Waals surface area (Å²) in [5.41, 5.74) is 2.05. The molecule has 8 heteroatoms. The fourth-order valence-corrected chi connectivity index (χ4v) is 4.32. The van der Waals surface area contributed by atoms with Crippen molar-refractivity contribution in [1.82, 2.24) is 10.3 Å². The number of rotatable bonds is 7. The number of halogens is 1. The minimum Gasteiger partial charge on any atom is -0.349 e. The molecule has 3 aromatic rings. The van der Waals surface area contributed by atoms with Crippen LogP contribution in [-0.4, -0.2) is 25.9 Å². The van der Waals surface area contributed by atoms with Gasteiger partial charge in [-0.25, -0.2) is 8.42 Å². The predicted molar refractivity (Wildman–Crippen MR) is 116 cm³/mol. The second-order valence-electron chi connectivity index (χ2n) is 6.40. The van der Waals surface area contributed by atoms with E-state index in [2.05, 4.69) is 26.2 Å². The molecule has 0 saturated carbocycles. The highest BCUT2D eigenvalue weighted by atomic mass is 79.9. The summed E-state index contributed by atoms with van der Waals surface area (Å²) in [4.78, 5) is 16.8. The first-order valence-corrected chi connectivity index (χ1v) is 11.1. The smallest absolute Gasteiger partial charge is 0.264 e. The number of pyridine rings is 1. The molecule has 0 aliphatic rings. The van der Waals surface area contributed by atoms with Crippen LogP contribution in [0.4, 0.5) is 5.69 Å². The van der Waals surface area contributed by atoms with Crippen molar-refractivity contribution in [3.05, 3.63) is 88.7 Å². The molecule has 0 fully saturated rings. The van der Waals surface area contributed by atoms with Gasteiger partial charge in [0.25, 0.3) is 10.0 Å². The van der Waals surface area contributed by atoms with Gasteiger partial charge in [0.15, 0.2) is 0 Å². The Kier molecular flexibility index (Phi) is 6.66. The number of nitrogens with zero attached hydrogens (tertiary/aromatic N) is 2. The Bertz CT molecular complexity index is 1070. The molecule has 0 spiro atoms. The monoisotopic (exact) mass is 473 g/mol. The van der Waals surface area contributed by atoms with E-state index in [9.17, 15) is 13.2 Å². The van der Waals surface area contributed by atoms with Gasteiger partial charge in [0.1, 0.15) is 6.54 Å². The van der Waals surface area contributed by atoms with E-state index in [0.29, 0.717) is 11.4 Å². The number of amides is 1. The van der Waals surface area contributed by atoms with Crippen molar-refractivity contribution in [2.75, 3.05) is 10.8 Å². The SMILES string of the molecule is Cc1ccc(S(=O)(=O)N(CC(=O)NCc2ccccn2)c2ccc(Br)cc2)cc1. The Labute approximate surface area is 178 Å². The van der Waals surface area contributed by atoms with Crippen molar-refractivity contribution >= 4 is 37.5 Å². The maximum atomic E-state index is 13.3. The number of benzene rings is 2. The van der Waals surface area contributed by atoms with Crippen molar-refractivity contribution in [2.24, 2.45) is 0 Å². The van der Waals surface area contributed by atoms with Gasteiger partial charge in [-0.1, -0.05) is 39.7 Å². The molecule has 1 N–H and O–H groups in total. The molecular weight excluding hydrogens is 454 g/mol. The van der Waals surface area contributed by atoms with Crippen LogP contribution in [0.5, 0.6) is 0 Å². The number of hydrogen-bond acceptors (Lipinski definition) is 4. The summed E-state index contributed by atoms with van der Waals surface area (Å²) in [6, 6.07) is 18.7. The summed E-state index contributed by atoms with van der Waals surface area (Å²) >= 11 is 3.35. The summed E-state index contributed by atoms with van der Waals surface area (Å²) in [5, 5.41) is 2.73. The van der Waals surface area contributed by atoms with E-state index in [-0.39, 0.29) is 18.0 Å². The fraction of sp³-hybridized carbons (Fsp3) is 0.143. The Balaban J connectivity index is 1.86. The molecule has 0 bridgehead atoms. The fourth-order valence-electron chi connectivity index (χ4n) is 2.64. The van der Waals surface area contributed by atoms with E-state index in [1.54, 1.807) is 66.9 Å². The maximum absolute atomic E-state index is 13.3. The second kappa shape index (κ2) is 9.19. The molecule has 3 rings (SSSR count). The van der Waals surface area contributed by atoms with E-state index in [0.717, 1.165) is 14.3 Å². The second-order valence-corrected chi connectivity index (χ2v) is 9.18. The standard InChI is InChI=1S/C21H20BrN3O3S/c1-16-5-11-20(12-6-16)29(27,28)25(19-9-7-17(22)8-10-19)15-21(26)24-14-18-4-2-3-13-23-18/h2-13H,14-15H2,1H3,(H,24,26). The molecule has 1 aromatic heterocycles. The van der Waals surface area contributed by atoms with Gasteiger partial charge in [0, 0.05) is 10.7 Å². The normalized spacial score (nSPS) is 11.1. The predicted octanol–water partition coefficient (Wildman–Crippen LogP) is 3.66. The lowest BCUT2D eigenvalue weighted by Gasteiger charge is -2.24. The number of carbonyl (C=O) groups is 1. The minimum absolute atomic E-state index is 0.128. The van der Waals surface area contributed by atoms with E-state index in [1.165, 1.54) is 0 Å². The van der Waals surface area contributed by atoms with E-state index in [4.69, 9.17) is 0 Å². The average Bonchev–Trinajstić information content (AvgIpc) is 2.72. The van der Waals surface area contributed by atoms with Gasteiger partial charge < -0.3 is 5.32 Å². The number of carbonyl (C=O) groups excluding carboxylic acids is 1. The van der Waals surface area contributed by atoms with Crippen molar-refractivity contribution in [3.8, 4) is 0 Å². The first-order valence-electron chi connectivity index (χ1n) is 8.88. The topological polar surface area (TPSA) is 79.4 Å². The molecule has 0 aliphatic carbocycles. The molecule has 0 unspecified atom stereocenters. The van der Waals surface area contributed by atoms with Crippen LogP contribution >= 0.6 is 15.9 Å². The van der Waals surface area contributed by atoms with Crippen LogP contribution in [0.25, 0.3) is 0 Å². The zero-order valence-electron chi connectivity index (χ0n) is 15.7. The third-order valence-electron chi connectivity index (χ3n) is 4.20. The van der Waals surface area contributed by atoms with Crippen LogP contribution in [0.3, 0.4) is 0 Å². The summed E-state index contributed by atoms with van der Waals surface area (Å²) in [6.07, 6.45) is 1.64. The first kappa shape index (κ1) is 21.0. The maximum Gasteiger partial charge on any atom is 0.264 e. The lowest BCUT2D eigenvalue weighted by atomic mass is 10.2.